The van der Waals surface area contributed by atoms with Crippen LogP contribution in [0.5, 0.6) is 0 Å². The first-order chi connectivity index (χ1) is 13.4. The molecular formula is C19H18N6O3. The van der Waals surface area contributed by atoms with Crippen molar-refractivity contribution >= 4 is 23.5 Å². The predicted octanol–water partition coefficient (Wildman–Crippen LogP) is 2.81. The molecule has 3 aromatic rings. The Balaban J connectivity index is 1.65. The van der Waals surface area contributed by atoms with E-state index in [2.05, 4.69) is 20.7 Å². The third-order valence-corrected chi connectivity index (χ3v) is 3.96. The fraction of sp³-hybridized carbons (Fsp3) is 0.105. The number of carbonyl (C=O) groups is 1. The van der Waals surface area contributed by atoms with Gasteiger partial charge in [-0.05, 0) is 23.8 Å². The van der Waals surface area contributed by atoms with Gasteiger partial charge in [-0.15, -0.1) is 0 Å². The van der Waals surface area contributed by atoms with E-state index in [1.165, 1.54) is 24.4 Å². The first-order valence-electron chi connectivity index (χ1n) is 8.35. The highest BCUT2D eigenvalue weighted by molar-refractivity contribution is 5.94. The van der Waals surface area contributed by atoms with Crippen LogP contribution in [-0.4, -0.2) is 41.3 Å². The molecule has 1 aromatic heterocycles. The SMILES string of the molecule is CN(C)c1ccc(C=NNC(=O)c2cc(-c3cccc([N+](=O)[O-])c3)n[nH]2)cc1. The van der Waals surface area contributed by atoms with E-state index in [1.807, 2.05) is 43.3 Å². The van der Waals surface area contributed by atoms with Gasteiger partial charge in [0.1, 0.15) is 5.69 Å². The summed E-state index contributed by atoms with van der Waals surface area (Å²) in [6, 6.07) is 15.2. The fourth-order valence-corrected chi connectivity index (χ4v) is 2.45. The van der Waals surface area contributed by atoms with Gasteiger partial charge in [-0.3, -0.25) is 20.0 Å². The van der Waals surface area contributed by atoms with Crippen molar-refractivity contribution in [3.8, 4) is 11.3 Å². The maximum Gasteiger partial charge on any atom is 0.289 e. The zero-order valence-corrected chi connectivity index (χ0v) is 15.3. The van der Waals surface area contributed by atoms with Crippen LogP contribution in [0.25, 0.3) is 11.3 Å². The third kappa shape index (κ3) is 4.39. The molecule has 0 radical (unpaired) electrons. The lowest BCUT2D eigenvalue weighted by Crippen LogP contribution is -2.18. The van der Waals surface area contributed by atoms with Crippen molar-refractivity contribution in [2.75, 3.05) is 19.0 Å². The summed E-state index contributed by atoms with van der Waals surface area (Å²) in [6.45, 7) is 0. The number of anilines is 1. The van der Waals surface area contributed by atoms with Gasteiger partial charge >= 0.3 is 0 Å². The number of hydrogen-bond acceptors (Lipinski definition) is 6. The number of benzene rings is 2. The van der Waals surface area contributed by atoms with Crippen molar-refractivity contribution in [1.82, 2.24) is 15.6 Å². The number of aromatic amines is 1. The molecule has 3 rings (SSSR count). The molecule has 9 nitrogen and oxygen atoms in total. The number of nitrogens with zero attached hydrogens (tertiary/aromatic N) is 4. The van der Waals surface area contributed by atoms with Gasteiger partial charge in [-0.1, -0.05) is 24.3 Å². The molecule has 0 atom stereocenters. The quantitative estimate of drug-likeness (QED) is 0.389. The van der Waals surface area contributed by atoms with Gasteiger partial charge in [0, 0.05) is 37.5 Å². The number of hydrazone groups is 1. The highest BCUT2D eigenvalue weighted by atomic mass is 16.6. The molecule has 0 fully saturated rings. The molecular weight excluding hydrogens is 360 g/mol. The van der Waals surface area contributed by atoms with Gasteiger partial charge in [-0.25, -0.2) is 5.43 Å². The Hall–Kier alpha value is -4.01. The normalized spacial score (nSPS) is 10.8. The van der Waals surface area contributed by atoms with E-state index >= 15 is 0 Å². The standard InChI is InChI=1S/C19H18N6O3/c1-24(2)15-8-6-13(7-9-15)12-20-23-19(26)18-11-17(21-22-18)14-4-3-5-16(10-14)25(27)28/h3-12H,1-2H3,(H,21,22)(H,23,26). The number of carbonyl (C=O) groups excluding carboxylic acids is 1. The molecule has 0 bridgehead atoms. The summed E-state index contributed by atoms with van der Waals surface area (Å²) in [5.74, 6) is -0.467. The predicted molar refractivity (Wildman–Crippen MR) is 107 cm³/mol. The van der Waals surface area contributed by atoms with Crippen LogP contribution >= 0.6 is 0 Å². The van der Waals surface area contributed by atoms with Crippen LogP contribution in [-0.2, 0) is 0 Å². The van der Waals surface area contributed by atoms with Crippen LogP contribution in [0.4, 0.5) is 11.4 Å². The van der Waals surface area contributed by atoms with E-state index in [4.69, 9.17) is 0 Å². The summed E-state index contributed by atoms with van der Waals surface area (Å²) in [4.78, 5) is 24.6. The molecule has 0 aliphatic carbocycles. The average molecular weight is 378 g/mol. The molecule has 0 aliphatic heterocycles. The fourth-order valence-electron chi connectivity index (χ4n) is 2.45. The summed E-state index contributed by atoms with van der Waals surface area (Å²) >= 11 is 0. The number of nitrogens with one attached hydrogen (secondary N) is 2. The van der Waals surface area contributed by atoms with Gasteiger partial charge in [0.15, 0.2) is 0 Å². The van der Waals surface area contributed by atoms with E-state index in [0.29, 0.717) is 11.3 Å². The van der Waals surface area contributed by atoms with Crippen LogP contribution < -0.4 is 10.3 Å². The number of aromatic nitrogens is 2. The van der Waals surface area contributed by atoms with E-state index in [-0.39, 0.29) is 11.4 Å². The lowest BCUT2D eigenvalue weighted by Gasteiger charge is -2.11. The molecule has 0 unspecified atom stereocenters. The summed E-state index contributed by atoms with van der Waals surface area (Å²) in [5.41, 5.74) is 5.44. The Morgan fingerprint density at radius 1 is 1.21 bits per heavy atom. The maximum atomic E-state index is 12.2. The second-order valence-corrected chi connectivity index (χ2v) is 6.16. The smallest absolute Gasteiger partial charge is 0.289 e. The molecule has 2 aromatic carbocycles. The molecule has 142 valence electrons. The highest BCUT2D eigenvalue weighted by Gasteiger charge is 2.13. The van der Waals surface area contributed by atoms with Gasteiger partial charge in [0.25, 0.3) is 11.6 Å². The summed E-state index contributed by atoms with van der Waals surface area (Å²) in [6.07, 6.45) is 1.54. The second kappa shape index (κ2) is 8.12. The Kier molecular flexibility index (Phi) is 5.45. The number of hydrogen-bond donors (Lipinski definition) is 2. The van der Waals surface area contributed by atoms with Gasteiger partial charge in [0.2, 0.25) is 0 Å². The first-order valence-corrected chi connectivity index (χ1v) is 8.35. The third-order valence-electron chi connectivity index (χ3n) is 3.96. The zero-order chi connectivity index (χ0) is 20.1. The molecule has 1 heterocycles. The van der Waals surface area contributed by atoms with Crippen molar-refractivity contribution in [3.63, 3.8) is 0 Å². The minimum atomic E-state index is -0.483. The van der Waals surface area contributed by atoms with Crippen molar-refractivity contribution < 1.29 is 9.72 Å². The highest BCUT2D eigenvalue weighted by Crippen LogP contribution is 2.22. The topological polar surface area (TPSA) is 117 Å². The minimum Gasteiger partial charge on any atom is -0.378 e. The Labute approximate surface area is 160 Å². The van der Waals surface area contributed by atoms with Crippen LogP contribution in [0.15, 0.2) is 59.7 Å². The molecule has 0 saturated heterocycles. The number of rotatable bonds is 6. The first kappa shape index (κ1) is 18.8. The maximum absolute atomic E-state index is 12.2. The average Bonchev–Trinajstić information content (AvgIpc) is 3.19. The number of amides is 1. The zero-order valence-electron chi connectivity index (χ0n) is 15.3. The molecule has 0 aliphatic rings. The monoisotopic (exact) mass is 378 g/mol. The van der Waals surface area contributed by atoms with E-state index in [1.54, 1.807) is 12.1 Å². The van der Waals surface area contributed by atoms with Crippen molar-refractivity contribution in [2.45, 2.75) is 0 Å². The summed E-state index contributed by atoms with van der Waals surface area (Å²) in [7, 11) is 3.91. The van der Waals surface area contributed by atoms with Gasteiger partial charge in [0.05, 0.1) is 16.8 Å². The van der Waals surface area contributed by atoms with Crippen molar-refractivity contribution in [1.29, 1.82) is 0 Å². The Bertz CT molecular complexity index is 1020. The molecule has 28 heavy (non-hydrogen) atoms. The molecule has 0 saturated carbocycles. The van der Waals surface area contributed by atoms with Crippen LogP contribution in [0, 0.1) is 10.1 Å². The van der Waals surface area contributed by atoms with Gasteiger partial charge < -0.3 is 4.90 Å². The Morgan fingerprint density at radius 3 is 2.64 bits per heavy atom. The lowest BCUT2D eigenvalue weighted by molar-refractivity contribution is -0.384. The molecule has 1 amide bonds. The van der Waals surface area contributed by atoms with Crippen LogP contribution in [0.2, 0.25) is 0 Å². The van der Waals surface area contributed by atoms with Crippen LogP contribution in [0.1, 0.15) is 16.1 Å². The minimum absolute atomic E-state index is 0.0450. The van der Waals surface area contributed by atoms with Gasteiger partial charge in [-0.2, -0.15) is 10.2 Å². The van der Waals surface area contributed by atoms with Crippen molar-refractivity contribution in [3.05, 3.63) is 76.0 Å². The molecule has 2 N–H and O–H groups in total. The molecule has 9 heteroatoms. The Morgan fingerprint density at radius 2 is 1.96 bits per heavy atom. The molecule has 0 spiro atoms. The number of H-pyrrole nitrogens is 1. The summed E-state index contributed by atoms with van der Waals surface area (Å²) < 4.78 is 0. The lowest BCUT2D eigenvalue weighted by atomic mass is 10.1. The van der Waals surface area contributed by atoms with Crippen molar-refractivity contribution in [2.24, 2.45) is 5.10 Å². The largest absolute Gasteiger partial charge is 0.378 e. The van der Waals surface area contributed by atoms with Crippen LogP contribution in [0.3, 0.4) is 0 Å². The van der Waals surface area contributed by atoms with E-state index < -0.39 is 10.8 Å². The summed E-state index contributed by atoms with van der Waals surface area (Å²) in [5, 5.41) is 21.5. The second-order valence-electron chi connectivity index (χ2n) is 6.16. The number of nitro groups is 1. The number of non-ortho nitro benzene ring substituents is 1. The van der Waals surface area contributed by atoms with E-state index in [9.17, 15) is 14.9 Å². The van der Waals surface area contributed by atoms with E-state index in [0.717, 1.165) is 11.3 Å². The number of nitro benzene ring substituents is 1.